The van der Waals surface area contributed by atoms with Crippen molar-refractivity contribution in [2.24, 2.45) is 5.92 Å². The van der Waals surface area contributed by atoms with Gasteiger partial charge in [-0.05, 0) is 35.7 Å². The molecule has 1 aliphatic heterocycles. The van der Waals surface area contributed by atoms with Crippen LogP contribution >= 0.6 is 11.6 Å². The fourth-order valence-electron chi connectivity index (χ4n) is 2.89. The van der Waals surface area contributed by atoms with E-state index in [9.17, 15) is 14.4 Å². The maximum Gasteiger partial charge on any atom is 0.313 e. The Morgan fingerprint density at radius 2 is 1.93 bits per heavy atom. The molecule has 1 amide bonds. The number of nitrogens with one attached hydrogen (secondary N) is 1. The molecule has 0 unspecified atom stereocenters. The van der Waals surface area contributed by atoms with Gasteiger partial charge in [0, 0.05) is 24.1 Å². The van der Waals surface area contributed by atoms with Crippen LogP contribution in [0.25, 0.3) is 0 Å². The number of fused-ring (bicyclic) bond motifs is 1. The molecule has 0 aliphatic carbocycles. The van der Waals surface area contributed by atoms with Crippen LogP contribution in [0.5, 0.6) is 5.75 Å². The monoisotopic (exact) mass is 401 g/mol. The molecular weight excluding hydrogens is 382 g/mol. The van der Waals surface area contributed by atoms with Gasteiger partial charge in [0.25, 0.3) is 0 Å². The van der Waals surface area contributed by atoms with Gasteiger partial charge in [-0.2, -0.15) is 0 Å². The predicted molar refractivity (Wildman–Crippen MR) is 103 cm³/mol. The quantitative estimate of drug-likeness (QED) is 0.594. The summed E-state index contributed by atoms with van der Waals surface area (Å²) in [7, 11) is 0. The van der Waals surface area contributed by atoms with E-state index >= 15 is 0 Å². The first-order valence-electron chi connectivity index (χ1n) is 8.87. The van der Waals surface area contributed by atoms with Gasteiger partial charge in [0.15, 0.2) is 12.4 Å². The predicted octanol–water partition coefficient (Wildman–Crippen LogP) is 2.95. The fraction of sp³-hybridized carbons (Fsp3) is 0.286. The molecule has 0 bridgehead atoms. The summed E-state index contributed by atoms with van der Waals surface area (Å²) in [5.41, 5.74) is 2.17. The zero-order chi connectivity index (χ0) is 20.1. The number of halogens is 1. The fourth-order valence-corrected chi connectivity index (χ4v) is 3.08. The third-order valence-corrected chi connectivity index (χ3v) is 4.66. The number of hydrogen-bond donors (Lipinski definition) is 1. The molecule has 0 radical (unpaired) electrons. The smallest absolute Gasteiger partial charge is 0.313 e. The highest BCUT2D eigenvalue weighted by atomic mass is 35.5. The van der Waals surface area contributed by atoms with Crippen LogP contribution in [-0.4, -0.2) is 30.9 Å². The summed E-state index contributed by atoms with van der Waals surface area (Å²) in [5, 5.41) is 3.26. The second kappa shape index (κ2) is 8.89. The molecule has 0 aromatic heterocycles. The van der Waals surface area contributed by atoms with Crippen molar-refractivity contribution in [2.75, 3.05) is 13.2 Å². The molecule has 7 heteroatoms. The highest BCUT2D eigenvalue weighted by molar-refractivity contribution is 6.30. The van der Waals surface area contributed by atoms with Crippen LogP contribution in [0.15, 0.2) is 42.5 Å². The molecule has 0 saturated carbocycles. The van der Waals surface area contributed by atoms with Gasteiger partial charge in [-0.15, -0.1) is 0 Å². The van der Waals surface area contributed by atoms with Crippen molar-refractivity contribution in [3.8, 4) is 5.75 Å². The second-order valence-corrected chi connectivity index (χ2v) is 7.04. The van der Waals surface area contributed by atoms with Gasteiger partial charge >= 0.3 is 5.97 Å². The Balaban J connectivity index is 1.51. The molecule has 28 heavy (non-hydrogen) atoms. The molecule has 1 heterocycles. The molecule has 1 aliphatic rings. The Labute approximate surface area is 167 Å². The third kappa shape index (κ3) is 5.10. The van der Waals surface area contributed by atoms with Crippen LogP contribution in [0, 0.1) is 5.92 Å². The molecule has 0 spiro atoms. The van der Waals surface area contributed by atoms with E-state index in [1.165, 1.54) is 6.92 Å². The maximum atomic E-state index is 12.3. The number of carbonyl (C=O) groups excluding carboxylic acids is 3. The van der Waals surface area contributed by atoms with Crippen molar-refractivity contribution in [3.63, 3.8) is 0 Å². The van der Waals surface area contributed by atoms with Crippen molar-refractivity contribution in [3.05, 3.63) is 64.2 Å². The molecule has 2 aromatic carbocycles. The maximum absolute atomic E-state index is 12.3. The van der Waals surface area contributed by atoms with E-state index in [1.54, 1.807) is 42.5 Å². The lowest BCUT2D eigenvalue weighted by Gasteiger charge is -2.24. The highest BCUT2D eigenvalue weighted by Gasteiger charge is 2.28. The minimum absolute atomic E-state index is 0.122. The van der Waals surface area contributed by atoms with Gasteiger partial charge in [-0.3, -0.25) is 14.4 Å². The number of amides is 1. The number of esters is 1. The number of ether oxygens (including phenoxy) is 2. The Kier molecular flexibility index (Phi) is 6.31. The number of hydrogen-bond acceptors (Lipinski definition) is 5. The molecular formula is C21H20ClNO5. The van der Waals surface area contributed by atoms with Crippen LogP contribution in [0.3, 0.4) is 0 Å². The van der Waals surface area contributed by atoms with E-state index in [-0.39, 0.29) is 24.9 Å². The van der Waals surface area contributed by atoms with Crippen LogP contribution in [-0.2, 0) is 27.3 Å². The van der Waals surface area contributed by atoms with Gasteiger partial charge in [0.1, 0.15) is 12.4 Å². The first-order valence-corrected chi connectivity index (χ1v) is 9.24. The first-order chi connectivity index (χ1) is 13.4. The van der Waals surface area contributed by atoms with Crippen molar-refractivity contribution >= 4 is 29.3 Å². The molecule has 0 fully saturated rings. The van der Waals surface area contributed by atoms with Crippen LogP contribution in [0.1, 0.15) is 28.4 Å². The largest absolute Gasteiger partial charge is 0.492 e. The molecule has 1 atom stereocenters. The molecule has 0 saturated heterocycles. The summed E-state index contributed by atoms with van der Waals surface area (Å²) in [5.74, 6) is -0.646. The van der Waals surface area contributed by atoms with Crippen molar-refractivity contribution in [1.82, 2.24) is 5.32 Å². The minimum atomic E-state index is -0.473. The number of rotatable bonds is 6. The third-order valence-electron chi connectivity index (χ3n) is 4.43. The number of carbonyl (C=O) groups is 3. The zero-order valence-electron chi connectivity index (χ0n) is 15.4. The van der Waals surface area contributed by atoms with E-state index in [0.29, 0.717) is 29.3 Å². The Morgan fingerprint density at radius 1 is 1.18 bits per heavy atom. The molecule has 146 valence electrons. The SMILES string of the molecule is CC(=O)NCc1ccc(C(=O)COC(=O)[C@@H]2COc3ccc(Cl)cc3C2)cc1. The summed E-state index contributed by atoms with van der Waals surface area (Å²) < 4.78 is 10.8. The molecule has 3 rings (SSSR count). The van der Waals surface area contributed by atoms with E-state index in [0.717, 1.165) is 11.1 Å². The number of benzene rings is 2. The van der Waals surface area contributed by atoms with Crippen molar-refractivity contribution in [2.45, 2.75) is 19.9 Å². The van der Waals surface area contributed by atoms with Crippen LogP contribution < -0.4 is 10.1 Å². The van der Waals surface area contributed by atoms with Gasteiger partial charge in [-0.1, -0.05) is 35.9 Å². The normalized spacial score (nSPS) is 15.1. The molecule has 6 nitrogen and oxygen atoms in total. The van der Waals surface area contributed by atoms with E-state index < -0.39 is 11.9 Å². The highest BCUT2D eigenvalue weighted by Crippen LogP contribution is 2.30. The number of ketones is 1. The van der Waals surface area contributed by atoms with Gasteiger partial charge in [-0.25, -0.2) is 0 Å². The standard InChI is InChI=1S/C21H20ClNO5/c1-13(24)23-10-14-2-4-15(5-3-14)19(25)12-28-21(26)17-8-16-9-18(22)6-7-20(16)27-11-17/h2-7,9,17H,8,10-12H2,1H3,(H,23,24)/t17-/m0/s1. The van der Waals surface area contributed by atoms with Gasteiger partial charge < -0.3 is 14.8 Å². The lowest BCUT2D eigenvalue weighted by molar-refractivity contribution is -0.148. The summed E-state index contributed by atoms with van der Waals surface area (Å²) in [6, 6.07) is 12.1. The van der Waals surface area contributed by atoms with Gasteiger partial charge in [0.2, 0.25) is 5.91 Å². The summed E-state index contributed by atoms with van der Waals surface area (Å²) in [4.78, 5) is 35.5. The van der Waals surface area contributed by atoms with Crippen LogP contribution in [0.2, 0.25) is 5.02 Å². The minimum Gasteiger partial charge on any atom is -0.492 e. The number of Topliss-reactive ketones (excluding diaryl/α,β-unsaturated/α-hetero) is 1. The Hall–Kier alpha value is -2.86. The van der Waals surface area contributed by atoms with Crippen molar-refractivity contribution < 1.29 is 23.9 Å². The average molecular weight is 402 g/mol. The zero-order valence-corrected chi connectivity index (χ0v) is 16.1. The van der Waals surface area contributed by atoms with E-state index in [4.69, 9.17) is 21.1 Å². The van der Waals surface area contributed by atoms with E-state index in [2.05, 4.69) is 5.32 Å². The summed E-state index contributed by atoms with van der Waals surface area (Å²) in [6.07, 6.45) is 0.459. The average Bonchev–Trinajstić information content (AvgIpc) is 2.70. The van der Waals surface area contributed by atoms with E-state index in [1.807, 2.05) is 0 Å². The van der Waals surface area contributed by atoms with Crippen LogP contribution in [0.4, 0.5) is 0 Å². The summed E-state index contributed by atoms with van der Waals surface area (Å²) >= 11 is 5.98. The molecule has 2 aromatic rings. The second-order valence-electron chi connectivity index (χ2n) is 6.60. The molecule has 1 N–H and O–H groups in total. The summed E-state index contributed by atoms with van der Waals surface area (Å²) in [6.45, 7) is 1.71. The first kappa shape index (κ1) is 19.9. The lowest BCUT2D eigenvalue weighted by atomic mass is 9.97. The van der Waals surface area contributed by atoms with Crippen molar-refractivity contribution in [1.29, 1.82) is 0 Å². The Morgan fingerprint density at radius 3 is 2.64 bits per heavy atom. The lowest BCUT2D eigenvalue weighted by Crippen LogP contribution is -2.31. The topological polar surface area (TPSA) is 81.7 Å². The Bertz CT molecular complexity index is 894. The van der Waals surface area contributed by atoms with Gasteiger partial charge in [0.05, 0.1) is 5.92 Å².